The Morgan fingerprint density at radius 2 is 1.85 bits per heavy atom. The van der Waals surface area contributed by atoms with Crippen molar-refractivity contribution in [3.05, 3.63) is 70.8 Å². The Bertz CT molecular complexity index is 1290. The molecule has 2 aromatic carbocycles. The molecule has 1 fully saturated rings. The Morgan fingerprint density at radius 1 is 1.12 bits per heavy atom. The number of aromatic nitrogens is 4. The van der Waals surface area contributed by atoms with Crippen LogP contribution in [0.15, 0.2) is 58.9 Å². The Hall–Kier alpha value is -2.33. The summed E-state index contributed by atoms with van der Waals surface area (Å²) in [5.41, 5.74) is 1.86. The summed E-state index contributed by atoms with van der Waals surface area (Å²) in [5.74, 6) is 2.03. The highest BCUT2D eigenvalue weighted by atomic mass is 32.2. The van der Waals surface area contributed by atoms with Crippen molar-refractivity contribution in [2.75, 3.05) is 13.1 Å². The highest BCUT2D eigenvalue weighted by molar-refractivity contribution is 8.00. The Morgan fingerprint density at radius 3 is 2.61 bits per heavy atom. The fraction of sp³-hybridized carbons (Fsp3) is 0.333. The van der Waals surface area contributed by atoms with E-state index in [1.807, 2.05) is 64.8 Å². The number of hydrogen-bond acceptors (Lipinski definition) is 7. The number of rotatable bonds is 7. The molecule has 1 aliphatic rings. The first-order valence-corrected chi connectivity index (χ1v) is 13.2. The monoisotopic (exact) mass is 495 g/mol. The minimum atomic E-state index is 0.0983. The lowest BCUT2D eigenvalue weighted by atomic mass is 9.89. The summed E-state index contributed by atoms with van der Waals surface area (Å²) in [6.45, 7) is 2.40. The zero-order chi connectivity index (χ0) is 22.8. The third kappa shape index (κ3) is 4.96. The molecule has 0 radical (unpaired) electrons. The van der Waals surface area contributed by atoms with E-state index in [2.05, 4.69) is 11.0 Å². The van der Waals surface area contributed by atoms with E-state index in [1.54, 1.807) is 23.1 Å². The van der Waals surface area contributed by atoms with E-state index in [4.69, 9.17) is 22.3 Å². The Balaban J connectivity index is 1.19. The number of carbonyl (C=O) groups is 1. The zero-order valence-corrected chi connectivity index (χ0v) is 20.8. The maximum atomic E-state index is 12.8. The van der Waals surface area contributed by atoms with E-state index in [0.717, 1.165) is 57.7 Å². The van der Waals surface area contributed by atoms with Crippen LogP contribution in [0.1, 0.15) is 29.0 Å². The van der Waals surface area contributed by atoms with Crippen molar-refractivity contribution in [2.45, 2.75) is 29.6 Å². The van der Waals surface area contributed by atoms with Gasteiger partial charge >= 0.3 is 0 Å². The van der Waals surface area contributed by atoms with Gasteiger partial charge in [0.25, 0.3) is 0 Å². The summed E-state index contributed by atoms with van der Waals surface area (Å²) in [7, 11) is 1.98. The van der Waals surface area contributed by atoms with Crippen molar-refractivity contribution in [1.29, 1.82) is 0 Å². The standard InChI is InChI=1S/C24H25N5OS3/c1-27-21(15-32-23-25-19-9-5-6-10-20(19)33-23)26-29(24(27)31)16-28-13-11-18(12-14-28)22(30)17-7-3-2-4-8-17/h2-10,18H,11-16H2,1H3. The highest BCUT2D eigenvalue weighted by Gasteiger charge is 2.26. The molecular formula is C24H25N5OS3. The molecule has 6 nitrogen and oxygen atoms in total. The van der Waals surface area contributed by atoms with Gasteiger partial charge in [0, 0.05) is 31.6 Å². The van der Waals surface area contributed by atoms with Crippen LogP contribution < -0.4 is 0 Å². The number of thioether (sulfide) groups is 1. The van der Waals surface area contributed by atoms with Crippen molar-refractivity contribution in [3.8, 4) is 0 Å². The second-order valence-corrected chi connectivity index (χ2v) is 10.9. The van der Waals surface area contributed by atoms with E-state index >= 15 is 0 Å². The number of nitrogens with zero attached hydrogens (tertiary/aromatic N) is 5. The number of para-hydroxylation sites is 1. The molecule has 5 rings (SSSR count). The van der Waals surface area contributed by atoms with Crippen molar-refractivity contribution in [3.63, 3.8) is 0 Å². The van der Waals surface area contributed by atoms with Crippen LogP contribution >= 0.6 is 35.3 Å². The number of likely N-dealkylation sites (tertiary alicyclic amines) is 1. The summed E-state index contributed by atoms with van der Waals surface area (Å²) in [6, 6.07) is 17.8. The molecule has 170 valence electrons. The molecule has 1 saturated heterocycles. The number of fused-ring (bicyclic) bond motifs is 1. The largest absolute Gasteiger partial charge is 0.306 e. The summed E-state index contributed by atoms with van der Waals surface area (Å²) >= 11 is 9.06. The van der Waals surface area contributed by atoms with Crippen molar-refractivity contribution in [2.24, 2.45) is 13.0 Å². The predicted molar refractivity (Wildman–Crippen MR) is 136 cm³/mol. The molecule has 0 saturated carbocycles. The van der Waals surface area contributed by atoms with Gasteiger partial charge in [-0.2, -0.15) is 5.10 Å². The molecule has 0 amide bonds. The molecule has 0 unspecified atom stereocenters. The number of hydrogen-bond donors (Lipinski definition) is 0. The number of thiazole rings is 1. The lowest BCUT2D eigenvalue weighted by Gasteiger charge is -2.30. The minimum absolute atomic E-state index is 0.0983. The topological polar surface area (TPSA) is 56.0 Å². The van der Waals surface area contributed by atoms with E-state index in [-0.39, 0.29) is 11.7 Å². The van der Waals surface area contributed by atoms with E-state index in [9.17, 15) is 4.79 Å². The van der Waals surface area contributed by atoms with Gasteiger partial charge in [-0.15, -0.1) is 11.3 Å². The van der Waals surface area contributed by atoms with E-state index in [1.165, 1.54) is 4.70 Å². The lowest BCUT2D eigenvalue weighted by Crippen LogP contribution is -2.37. The first-order valence-electron chi connectivity index (χ1n) is 11.0. The quantitative estimate of drug-likeness (QED) is 0.194. The number of piperidine rings is 1. The van der Waals surface area contributed by atoms with Crippen LogP contribution in [0.5, 0.6) is 0 Å². The van der Waals surface area contributed by atoms with Gasteiger partial charge < -0.3 is 4.57 Å². The van der Waals surface area contributed by atoms with Gasteiger partial charge in [0.2, 0.25) is 0 Å². The molecule has 0 N–H and O–H groups in total. The molecule has 0 bridgehead atoms. The number of Topliss-reactive ketones (excluding diaryl/α,β-unsaturated/α-hetero) is 1. The smallest absolute Gasteiger partial charge is 0.198 e. The van der Waals surface area contributed by atoms with Crippen LogP contribution in [-0.2, 0) is 19.5 Å². The summed E-state index contributed by atoms with van der Waals surface area (Å²) in [4.78, 5) is 19.8. The van der Waals surface area contributed by atoms with E-state index < -0.39 is 0 Å². The maximum Gasteiger partial charge on any atom is 0.198 e. The molecule has 0 spiro atoms. The SMILES string of the molecule is Cn1c(CSc2nc3ccccc3s2)nn(CN2CCC(C(=O)c3ccccc3)CC2)c1=S. The second-order valence-electron chi connectivity index (χ2n) is 8.26. The third-order valence-electron chi connectivity index (χ3n) is 6.08. The predicted octanol–water partition coefficient (Wildman–Crippen LogP) is 5.41. The number of carbonyl (C=O) groups excluding carboxylic acids is 1. The van der Waals surface area contributed by atoms with Crippen LogP contribution in [-0.4, -0.2) is 43.1 Å². The number of benzene rings is 2. The average Bonchev–Trinajstić information content (AvgIpc) is 3.39. The molecular weight excluding hydrogens is 470 g/mol. The van der Waals surface area contributed by atoms with Crippen molar-refractivity contribution in [1.82, 2.24) is 24.2 Å². The van der Waals surface area contributed by atoms with Crippen LogP contribution in [0.4, 0.5) is 0 Å². The van der Waals surface area contributed by atoms with Crippen molar-refractivity contribution < 1.29 is 4.79 Å². The first-order chi connectivity index (χ1) is 16.1. The van der Waals surface area contributed by atoms with Gasteiger partial charge in [0.15, 0.2) is 14.9 Å². The fourth-order valence-corrected chi connectivity index (χ4v) is 6.40. The Labute approximate surface area is 206 Å². The Kier molecular flexibility index (Phi) is 6.73. The molecule has 2 aromatic heterocycles. The lowest BCUT2D eigenvalue weighted by molar-refractivity contribution is 0.0803. The van der Waals surface area contributed by atoms with Crippen molar-refractivity contribution >= 4 is 51.3 Å². The van der Waals surface area contributed by atoms with Gasteiger partial charge in [0.05, 0.1) is 22.6 Å². The molecule has 1 aliphatic heterocycles. The summed E-state index contributed by atoms with van der Waals surface area (Å²) in [5, 5.41) is 4.80. The van der Waals surface area contributed by atoms with E-state index in [0.29, 0.717) is 6.67 Å². The second kappa shape index (κ2) is 9.89. The molecule has 0 aliphatic carbocycles. The molecule has 0 atom stereocenters. The molecule has 9 heteroatoms. The van der Waals surface area contributed by atoms with Crippen LogP contribution in [0.2, 0.25) is 0 Å². The molecule has 4 aromatic rings. The van der Waals surface area contributed by atoms with Crippen LogP contribution in [0.3, 0.4) is 0 Å². The van der Waals surface area contributed by atoms with Gasteiger partial charge in [-0.1, -0.05) is 54.2 Å². The zero-order valence-electron chi connectivity index (χ0n) is 18.4. The normalized spacial score (nSPS) is 15.3. The third-order valence-corrected chi connectivity index (χ3v) is 8.74. The minimum Gasteiger partial charge on any atom is -0.306 e. The van der Waals surface area contributed by atoms with Crippen LogP contribution in [0.25, 0.3) is 10.2 Å². The molecule has 33 heavy (non-hydrogen) atoms. The number of ketones is 1. The first kappa shape index (κ1) is 22.5. The highest BCUT2D eigenvalue weighted by Crippen LogP contribution is 2.31. The average molecular weight is 496 g/mol. The van der Waals surface area contributed by atoms with Gasteiger partial charge in [-0.25, -0.2) is 9.67 Å². The summed E-state index contributed by atoms with van der Waals surface area (Å²) < 4.78 is 6.86. The van der Waals surface area contributed by atoms with Gasteiger partial charge in [0.1, 0.15) is 5.82 Å². The van der Waals surface area contributed by atoms with Gasteiger partial charge in [-0.3, -0.25) is 9.69 Å². The molecule has 3 heterocycles. The van der Waals surface area contributed by atoms with Gasteiger partial charge in [-0.05, 0) is 37.2 Å². The fourth-order valence-electron chi connectivity index (χ4n) is 4.15. The maximum absolute atomic E-state index is 12.8. The summed E-state index contributed by atoms with van der Waals surface area (Å²) in [6.07, 6.45) is 1.74. The van der Waals surface area contributed by atoms with Crippen LogP contribution in [0, 0.1) is 10.7 Å².